The highest BCUT2D eigenvalue weighted by Gasteiger charge is 2.10. The van der Waals surface area contributed by atoms with Gasteiger partial charge in [-0.1, -0.05) is 24.3 Å². The third kappa shape index (κ3) is 1.16. The van der Waals surface area contributed by atoms with Gasteiger partial charge < -0.3 is 0 Å². The van der Waals surface area contributed by atoms with Crippen LogP contribution in [0, 0.1) is 6.92 Å². The van der Waals surface area contributed by atoms with Crippen LogP contribution in [0.2, 0.25) is 0 Å². The molecule has 0 N–H and O–H groups in total. The smallest absolute Gasteiger partial charge is 0.115 e. The maximum atomic E-state index is 4.25. The number of allylic oxidation sites excluding steroid dienone is 4. The lowest BCUT2D eigenvalue weighted by molar-refractivity contribution is 0.947. The van der Waals surface area contributed by atoms with Crippen LogP contribution in [0.15, 0.2) is 36.8 Å². The Labute approximate surface area is 71.7 Å². The number of rotatable bonds is 1. The zero-order valence-electron chi connectivity index (χ0n) is 6.94. The molecule has 0 aliphatic heterocycles. The monoisotopic (exact) mass is 158 g/mol. The van der Waals surface area contributed by atoms with E-state index in [-0.39, 0.29) is 0 Å². The summed E-state index contributed by atoms with van der Waals surface area (Å²) in [4.78, 5) is 8.20. The van der Waals surface area contributed by atoms with Gasteiger partial charge in [-0.15, -0.1) is 0 Å². The zero-order chi connectivity index (χ0) is 8.39. The summed E-state index contributed by atoms with van der Waals surface area (Å²) >= 11 is 0. The summed E-state index contributed by atoms with van der Waals surface area (Å²) in [5, 5.41) is 0. The molecule has 0 spiro atoms. The van der Waals surface area contributed by atoms with Crippen molar-refractivity contribution in [3.63, 3.8) is 0 Å². The molecule has 1 heterocycles. The van der Waals surface area contributed by atoms with Crippen molar-refractivity contribution in [2.45, 2.75) is 12.8 Å². The summed E-state index contributed by atoms with van der Waals surface area (Å²) in [7, 11) is 0. The Kier molecular flexibility index (Phi) is 1.74. The van der Waals surface area contributed by atoms with Crippen LogP contribution in [0.5, 0.6) is 0 Å². The van der Waals surface area contributed by atoms with Crippen LogP contribution in [-0.2, 0) is 0 Å². The molecule has 0 atom stereocenters. The normalized spacial score (nSPS) is 15.8. The van der Waals surface area contributed by atoms with E-state index in [1.165, 1.54) is 0 Å². The molecular formula is C10H10N2. The summed E-state index contributed by atoms with van der Waals surface area (Å²) in [6.07, 6.45) is 11.8. The molecule has 2 rings (SSSR count). The van der Waals surface area contributed by atoms with E-state index in [4.69, 9.17) is 0 Å². The van der Waals surface area contributed by atoms with E-state index in [2.05, 4.69) is 22.1 Å². The van der Waals surface area contributed by atoms with Gasteiger partial charge in [0.25, 0.3) is 0 Å². The lowest BCUT2D eigenvalue weighted by atomic mass is 10.0. The van der Waals surface area contributed by atoms with Crippen LogP contribution in [0.4, 0.5) is 0 Å². The molecule has 0 amide bonds. The predicted octanol–water partition coefficient (Wildman–Crippen LogP) is 1.99. The van der Waals surface area contributed by atoms with Crippen LogP contribution in [0.25, 0.3) is 0 Å². The fraction of sp³-hybridized carbons (Fsp3) is 0.200. The van der Waals surface area contributed by atoms with Gasteiger partial charge >= 0.3 is 0 Å². The van der Waals surface area contributed by atoms with Gasteiger partial charge in [0.05, 0.1) is 5.69 Å². The van der Waals surface area contributed by atoms with Gasteiger partial charge in [0, 0.05) is 12.1 Å². The first-order valence-electron chi connectivity index (χ1n) is 3.99. The molecule has 1 aliphatic rings. The molecule has 60 valence electrons. The minimum Gasteiger partial charge on any atom is -0.245 e. The molecule has 1 aliphatic carbocycles. The number of aromatic nitrogens is 2. The third-order valence-electron chi connectivity index (χ3n) is 2.00. The number of nitrogens with zero attached hydrogens (tertiary/aromatic N) is 2. The van der Waals surface area contributed by atoms with Gasteiger partial charge in [-0.05, 0) is 12.5 Å². The van der Waals surface area contributed by atoms with E-state index < -0.39 is 0 Å². The highest BCUT2D eigenvalue weighted by Crippen LogP contribution is 2.22. The first kappa shape index (κ1) is 7.22. The lowest BCUT2D eigenvalue weighted by Crippen LogP contribution is -1.97. The van der Waals surface area contributed by atoms with Crippen molar-refractivity contribution in [2.75, 3.05) is 0 Å². The Morgan fingerprint density at radius 2 is 2.00 bits per heavy atom. The zero-order valence-corrected chi connectivity index (χ0v) is 6.94. The van der Waals surface area contributed by atoms with Crippen LogP contribution in [-0.4, -0.2) is 9.97 Å². The summed E-state index contributed by atoms with van der Waals surface area (Å²) < 4.78 is 0. The Hall–Kier alpha value is -1.44. The van der Waals surface area contributed by atoms with Crippen molar-refractivity contribution in [1.82, 2.24) is 9.97 Å². The SMILES string of the molecule is Cc1cncnc1C1C=CC=C1. The standard InChI is InChI=1S/C10H10N2/c1-8-6-11-7-12-10(8)9-4-2-3-5-9/h2-7,9H,1H3. The van der Waals surface area contributed by atoms with Gasteiger partial charge in [0.1, 0.15) is 6.33 Å². The number of hydrogen-bond donors (Lipinski definition) is 0. The molecule has 0 bridgehead atoms. The van der Waals surface area contributed by atoms with Gasteiger partial charge in [-0.3, -0.25) is 0 Å². The lowest BCUT2D eigenvalue weighted by Gasteiger charge is -2.06. The molecule has 0 radical (unpaired) electrons. The van der Waals surface area contributed by atoms with Crippen molar-refractivity contribution in [3.8, 4) is 0 Å². The molecule has 0 saturated carbocycles. The van der Waals surface area contributed by atoms with Gasteiger partial charge in [-0.25, -0.2) is 9.97 Å². The molecule has 0 fully saturated rings. The molecule has 0 aromatic carbocycles. The second kappa shape index (κ2) is 2.89. The highest BCUT2D eigenvalue weighted by atomic mass is 14.8. The summed E-state index contributed by atoms with van der Waals surface area (Å²) in [5.41, 5.74) is 2.26. The molecule has 1 aromatic heterocycles. The van der Waals surface area contributed by atoms with Gasteiger partial charge in [0.2, 0.25) is 0 Å². The fourth-order valence-corrected chi connectivity index (χ4v) is 1.37. The minimum atomic E-state index is 0.355. The number of aryl methyl sites for hydroxylation is 1. The molecule has 2 heteroatoms. The van der Waals surface area contributed by atoms with Crippen molar-refractivity contribution >= 4 is 0 Å². The summed E-state index contributed by atoms with van der Waals surface area (Å²) in [6, 6.07) is 0. The second-order valence-corrected chi connectivity index (χ2v) is 2.89. The van der Waals surface area contributed by atoms with E-state index in [1.807, 2.05) is 25.3 Å². The summed E-state index contributed by atoms with van der Waals surface area (Å²) in [5.74, 6) is 0.355. The Balaban J connectivity index is 2.39. The first-order valence-corrected chi connectivity index (χ1v) is 3.99. The van der Waals surface area contributed by atoms with E-state index in [1.54, 1.807) is 6.33 Å². The fourth-order valence-electron chi connectivity index (χ4n) is 1.37. The largest absolute Gasteiger partial charge is 0.245 e. The van der Waals surface area contributed by atoms with Gasteiger partial charge in [0.15, 0.2) is 0 Å². The Morgan fingerprint density at radius 1 is 1.25 bits per heavy atom. The van der Waals surface area contributed by atoms with Crippen molar-refractivity contribution in [1.29, 1.82) is 0 Å². The molecule has 12 heavy (non-hydrogen) atoms. The van der Waals surface area contributed by atoms with Crippen LogP contribution >= 0.6 is 0 Å². The topological polar surface area (TPSA) is 25.8 Å². The molecule has 0 unspecified atom stereocenters. The second-order valence-electron chi connectivity index (χ2n) is 2.89. The van der Waals surface area contributed by atoms with Crippen LogP contribution < -0.4 is 0 Å². The van der Waals surface area contributed by atoms with Gasteiger partial charge in [-0.2, -0.15) is 0 Å². The quantitative estimate of drug-likeness (QED) is 0.624. The average Bonchev–Trinajstić information content (AvgIpc) is 2.57. The van der Waals surface area contributed by atoms with E-state index >= 15 is 0 Å². The van der Waals surface area contributed by atoms with Crippen LogP contribution in [0.1, 0.15) is 17.2 Å². The van der Waals surface area contributed by atoms with Crippen LogP contribution in [0.3, 0.4) is 0 Å². The maximum Gasteiger partial charge on any atom is 0.115 e. The van der Waals surface area contributed by atoms with Crippen molar-refractivity contribution in [3.05, 3.63) is 48.1 Å². The highest BCUT2D eigenvalue weighted by molar-refractivity contribution is 5.33. The molecular weight excluding hydrogens is 148 g/mol. The Morgan fingerprint density at radius 3 is 2.67 bits per heavy atom. The predicted molar refractivity (Wildman–Crippen MR) is 47.8 cm³/mol. The summed E-state index contributed by atoms with van der Waals surface area (Å²) in [6.45, 7) is 2.04. The Bertz CT molecular complexity index is 327. The average molecular weight is 158 g/mol. The van der Waals surface area contributed by atoms with E-state index in [0.29, 0.717) is 5.92 Å². The molecule has 0 saturated heterocycles. The molecule has 1 aromatic rings. The van der Waals surface area contributed by atoms with E-state index in [9.17, 15) is 0 Å². The van der Waals surface area contributed by atoms with Crippen molar-refractivity contribution in [2.24, 2.45) is 0 Å². The van der Waals surface area contributed by atoms with E-state index in [0.717, 1.165) is 11.3 Å². The third-order valence-corrected chi connectivity index (χ3v) is 2.00. The minimum absolute atomic E-state index is 0.355. The maximum absolute atomic E-state index is 4.25. The van der Waals surface area contributed by atoms with Crippen molar-refractivity contribution < 1.29 is 0 Å². The first-order chi connectivity index (χ1) is 5.88. The number of hydrogen-bond acceptors (Lipinski definition) is 2. The molecule has 2 nitrogen and oxygen atoms in total.